The van der Waals surface area contributed by atoms with Crippen molar-refractivity contribution in [3.63, 3.8) is 0 Å². The Morgan fingerprint density at radius 2 is 1.88 bits per heavy atom. The first-order valence-electron chi connectivity index (χ1n) is 7.08. The molecule has 1 saturated heterocycles. The van der Waals surface area contributed by atoms with Gasteiger partial charge in [-0.15, -0.1) is 0 Å². The van der Waals surface area contributed by atoms with Crippen molar-refractivity contribution in [3.8, 4) is 0 Å². The van der Waals surface area contributed by atoms with Crippen LogP contribution >= 0.6 is 0 Å². The monoisotopic (exact) mass is 225 g/mol. The van der Waals surface area contributed by atoms with Gasteiger partial charge >= 0.3 is 0 Å². The van der Waals surface area contributed by atoms with E-state index in [1.807, 2.05) is 0 Å². The first-order chi connectivity index (χ1) is 7.63. The average Bonchev–Trinajstić information content (AvgIpc) is 2.52. The van der Waals surface area contributed by atoms with E-state index in [0.717, 1.165) is 19.4 Å². The maximum atomic E-state index is 11.0. The molecule has 0 amide bonds. The zero-order valence-electron chi connectivity index (χ0n) is 10.8. The molecule has 2 aliphatic rings. The number of aliphatic hydroxyl groups is 1. The third-order valence-electron chi connectivity index (χ3n) is 4.79. The molecule has 2 N–H and O–H groups in total. The summed E-state index contributed by atoms with van der Waals surface area (Å²) in [4.78, 5) is 0. The molecule has 2 heteroatoms. The van der Waals surface area contributed by atoms with Crippen LogP contribution in [0.2, 0.25) is 0 Å². The predicted octanol–water partition coefficient (Wildman–Crippen LogP) is 2.71. The molecule has 4 unspecified atom stereocenters. The maximum absolute atomic E-state index is 11.0. The number of hydrogen-bond acceptors (Lipinski definition) is 2. The fourth-order valence-electron chi connectivity index (χ4n) is 3.59. The van der Waals surface area contributed by atoms with Crippen molar-refractivity contribution < 1.29 is 5.11 Å². The number of nitrogens with one attached hydrogen (secondary N) is 1. The zero-order chi connectivity index (χ0) is 11.6. The first kappa shape index (κ1) is 12.4. The van der Waals surface area contributed by atoms with Crippen molar-refractivity contribution in [1.82, 2.24) is 5.32 Å². The van der Waals surface area contributed by atoms with Crippen molar-refractivity contribution >= 4 is 0 Å². The minimum atomic E-state index is -0.442. The lowest BCUT2D eigenvalue weighted by atomic mass is 9.67. The highest BCUT2D eigenvalue weighted by Crippen LogP contribution is 2.40. The molecule has 2 nitrogen and oxygen atoms in total. The largest absolute Gasteiger partial charge is 0.388 e. The van der Waals surface area contributed by atoms with Gasteiger partial charge < -0.3 is 10.4 Å². The van der Waals surface area contributed by atoms with Gasteiger partial charge in [-0.1, -0.05) is 33.1 Å². The fourth-order valence-corrected chi connectivity index (χ4v) is 3.59. The van der Waals surface area contributed by atoms with Gasteiger partial charge in [0.2, 0.25) is 0 Å². The molecule has 0 aromatic rings. The summed E-state index contributed by atoms with van der Waals surface area (Å²) in [6, 6.07) is 0.341. The molecule has 1 aliphatic heterocycles. The van der Waals surface area contributed by atoms with Crippen molar-refractivity contribution in [1.29, 1.82) is 0 Å². The Morgan fingerprint density at radius 3 is 2.69 bits per heavy atom. The van der Waals surface area contributed by atoms with Gasteiger partial charge in [-0.2, -0.15) is 0 Å². The Labute approximate surface area is 99.8 Å². The Morgan fingerprint density at radius 1 is 1.06 bits per heavy atom. The minimum absolute atomic E-state index is 0.341. The topological polar surface area (TPSA) is 32.3 Å². The van der Waals surface area contributed by atoms with Crippen LogP contribution in [0.1, 0.15) is 58.8 Å². The second-order valence-corrected chi connectivity index (χ2v) is 6.13. The van der Waals surface area contributed by atoms with E-state index in [-0.39, 0.29) is 0 Å². The molecule has 0 aromatic carbocycles. The molecule has 2 rings (SSSR count). The average molecular weight is 225 g/mol. The normalized spacial score (nSPS) is 46.3. The Balaban J connectivity index is 2.07. The molecular formula is C14H27NO. The highest BCUT2D eigenvalue weighted by Gasteiger charge is 2.44. The van der Waals surface area contributed by atoms with Crippen LogP contribution < -0.4 is 5.32 Å². The van der Waals surface area contributed by atoms with E-state index in [0.29, 0.717) is 17.9 Å². The van der Waals surface area contributed by atoms with Gasteiger partial charge in [-0.05, 0) is 44.1 Å². The Kier molecular flexibility index (Phi) is 3.91. The van der Waals surface area contributed by atoms with Crippen molar-refractivity contribution in [2.75, 3.05) is 6.54 Å². The van der Waals surface area contributed by atoms with Crippen molar-refractivity contribution in [3.05, 3.63) is 0 Å². The summed E-state index contributed by atoms with van der Waals surface area (Å²) in [5.74, 6) is 1.14. The second kappa shape index (κ2) is 5.05. The van der Waals surface area contributed by atoms with Gasteiger partial charge in [-0.3, -0.25) is 0 Å². The number of hydrogen-bond donors (Lipinski definition) is 2. The zero-order valence-corrected chi connectivity index (χ0v) is 10.8. The lowest BCUT2D eigenvalue weighted by molar-refractivity contribution is -0.0855. The molecule has 0 bridgehead atoms. The third kappa shape index (κ3) is 2.43. The predicted molar refractivity (Wildman–Crippen MR) is 67.4 cm³/mol. The molecule has 1 saturated carbocycles. The Hall–Kier alpha value is -0.0800. The molecule has 1 aliphatic carbocycles. The summed E-state index contributed by atoms with van der Waals surface area (Å²) in [6.07, 6.45) is 8.51. The maximum Gasteiger partial charge on any atom is 0.0827 e. The van der Waals surface area contributed by atoms with Crippen LogP contribution in [-0.4, -0.2) is 23.3 Å². The van der Waals surface area contributed by atoms with E-state index in [1.165, 1.54) is 32.1 Å². The molecule has 0 aromatic heterocycles. The summed E-state index contributed by atoms with van der Waals surface area (Å²) < 4.78 is 0. The van der Waals surface area contributed by atoms with Crippen LogP contribution in [0.4, 0.5) is 0 Å². The molecule has 94 valence electrons. The minimum Gasteiger partial charge on any atom is -0.388 e. The lowest BCUT2D eigenvalue weighted by Crippen LogP contribution is -2.56. The van der Waals surface area contributed by atoms with E-state index in [4.69, 9.17) is 0 Å². The van der Waals surface area contributed by atoms with E-state index < -0.39 is 5.60 Å². The van der Waals surface area contributed by atoms with Crippen LogP contribution in [0.15, 0.2) is 0 Å². The highest BCUT2D eigenvalue weighted by molar-refractivity contribution is 4.99. The summed E-state index contributed by atoms with van der Waals surface area (Å²) in [6.45, 7) is 5.61. The summed E-state index contributed by atoms with van der Waals surface area (Å²) in [7, 11) is 0. The molecule has 4 atom stereocenters. The lowest BCUT2D eigenvalue weighted by Gasteiger charge is -2.46. The van der Waals surface area contributed by atoms with Crippen molar-refractivity contribution in [2.24, 2.45) is 11.8 Å². The number of rotatable bonds is 1. The van der Waals surface area contributed by atoms with Crippen molar-refractivity contribution in [2.45, 2.75) is 70.4 Å². The fraction of sp³-hybridized carbons (Fsp3) is 1.00. The molecule has 0 spiro atoms. The Bertz CT molecular complexity index is 223. The molecule has 2 fully saturated rings. The summed E-state index contributed by atoms with van der Waals surface area (Å²) >= 11 is 0. The van der Waals surface area contributed by atoms with Crippen LogP contribution in [-0.2, 0) is 0 Å². The molecular weight excluding hydrogens is 198 g/mol. The standard InChI is InChI=1S/C14H27NO/c1-11-7-8-12(2)14(16,10-11)13-6-4-3-5-9-15-13/h11-13,15-16H,3-10H2,1-2H3. The van der Waals surface area contributed by atoms with Gasteiger partial charge in [0.25, 0.3) is 0 Å². The van der Waals surface area contributed by atoms with Gasteiger partial charge in [0, 0.05) is 6.04 Å². The smallest absolute Gasteiger partial charge is 0.0827 e. The van der Waals surface area contributed by atoms with E-state index in [1.54, 1.807) is 0 Å². The van der Waals surface area contributed by atoms with Gasteiger partial charge in [0.15, 0.2) is 0 Å². The summed E-state index contributed by atoms with van der Waals surface area (Å²) in [5.41, 5.74) is -0.442. The van der Waals surface area contributed by atoms with E-state index >= 15 is 0 Å². The van der Waals surface area contributed by atoms with Gasteiger partial charge in [-0.25, -0.2) is 0 Å². The van der Waals surface area contributed by atoms with E-state index in [9.17, 15) is 5.11 Å². The highest BCUT2D eigenvalue weighted by atomic mass is 16.3. The van der Waals surface area contributed by atoms with E-state index in [2.05, 4.69) is 19.2 Å². The molecule has 0 radical (unpaired) electrons. The van der Waals surface area contributed by atoms with Crippen LogP contribution in [0.3, 0.4) is 0 Å². The molecule has 1 heterocycles. The third-order valence-corrected chi connectivity index (χ3v) is 4.79. The SMILES string of the molecule is CC1CCC(C)C(O)(C2CCCCCN2)C1. The second-order valence-electron chi connectivity index (χ2n) is 6.13. The van der Waals surface area contributed by atoms with Crippen LogP contribution in [0.5, 0.6) is 0 Å². The molecule has 16 heavy (non-hydrogen) atoms. The first-order valence-corrected chi connectivity index (χ1v) is 7.08. The van der Waals surface area contributed by atoms with Gasteiger partial charge in [0.1, 0.15) is 0 Å². The van der Waals surface area contributed by atoms with Crippen LogP contribution in [0.25, 0.3) is 0 Å². The quantitative estimate of drug-likeness (QED) is 0.719. The van der Waals surface area contributed by atoms with Gasteiger partial charge in [0.05, 0.1) is 5.60 Å². The summed E-state index contributed by atoms with van der Waals surface area (Å²) in [5, 5.41) is 14.6. The van der Waals surface area contributed by atoms with Crippen LogP contribution in [0, 0.1) is 11.8 Å².